The number of rotatable bonds is 2. The number of anilines is 1. The number of fused-ring (bicyclic) bond motifs is 3. The topological polar surface area (TPSA) is 53.4 Å². The Bertz CT molecular complexity index is 654. The molecule has 4 heterocycles. The maximum atomic E-state index is 11.3. The molecule has 0 saturated carbocycles. The van der Waals surface area contributed by atoms with Crippen LogP contribution in [0, 0.1) is 5.92 Å². The maximum absolute atomic E-state index is 11.3. The second-order valence-electron chi connectivity index (χ2n) is 5.35. The molecule has 4 nitrogen and oxygen atoms in total. The average molecular weight is 274 g/mol. The fourth-order valence-corrected chi connectivity index (χ4v) is 4.45. The minimum absolute atomic E-state index is 0.125. The highest BCUT2D eigenvalue weighted by Gasteiger charge is 2.50. The van der Waals surface area contributed by atoms with Gasteiger partial charge in [0, 0.05) is 28.4 Å². The summed E-state index contributed by atoms with van der Waals surface area (Å²) >= 11 is 1.71. The first-order chi connectivity index (χ1) is 9.25. The molecule has 3 atom stereocenters. The molecule has 2 aliphatic rings. The highest BCUT2D eigenvalue weighted by atomic mass is 32.1. The third kappa shape index (κ3) is 1.51. The molecule has 0 amide bonds. The molecule has 0 aliphatic carbocycles. The molecule has 2 aromatic rings. The third-order valence-corrected chi connectivity index (χ3v) is 5.34. The third-order valence-electron chi connectivity index (χ3n) is 4.46. The number of thiophene rings is 1. The molecule has 0 aromatic carbocycles. The van der Waals surface area contributed by atoms with Crippen LogP contribution >= 0.6 is 11.3 Å². The molecule has 0 radical (unpaired) electrons. The van der Waals surface area contributed by atoms with E-state index in [0.29, 0.717) is 6.04 Å². The number of carbonyl (C=O) groups is 1. The Hall–Kier alpha value is -1.62. The fraction of sp³-hybridized carbons (Fsp3) is 0.429. The summed E-state index contributed by atoms with van der Waals surface area (Å²) in [6.45, 7) is 0. The molecule has 5 heteroatoms. The smallest absolute Gasteiger partial charge is 0.308 e. The van der Waals surface area contributed by atoms with Gasteiger partial charge in [-0.25, -0.2) is 4.98 Å². The van der Waals surface area contributed by atoms with E-state index in [1.54, 1.807) is 11.3 Å². The summed E-state index contributed by atoms with van der Waals surface area (Å²) in [6.07, 6.45) is 4.67. The summed E-state index contributed by atoms with van der Waals surface area (Å²) in [7, 11) is 0. The second kappa shape index (κ2) is 3.93. The molecule has 3 unspecified atom stereocenters. The summed E-state index contributed by atoms with van der Waals surface area (Å²) in [5.41, 5.74) is 0. The molecule has 0 spiro atoms. The zero-order chi connectivity index (χ0) is 13.0. The fourth-order valence-electron chi connectivity index (χ4n) is 3.67. The van der Waals surface area contributed by atoms with E-state index >= 15 is 0 Å². The molecule has 2 fully saturated rings. The Morgan fingerprint density at radius 1 is 1.42 bits per heavy atom. The lowest BCUT2D eigenvalue weighted by Crippen LogP contribution is -2.33. The minimum atomic E-state index is -0.658. The van der Waals surface area contributed by atoms with Crippen LogP contribution in [0.25, 0.3) is 10.1 Å². The summed E-state index contributed by atoms with van der Waals surface area (Å²) < 4.78 is 1.23. The van der Waals surface area contributed by atoms with E-state index in [4.69, 9.17) is 0 Å². The van der Waals surface area contributed by atoms with Crippen molar-refractivity contribution in [2.24, 2.45) is 5.92 Å². The van der Waals surface area contributed by atoms with E-state index in [1.807, 2.05) is 12.3 Å². The molecule has 2 aliphatic heterocycles. The van der Waals surface area contributed by atoms with Crippen LogP contribution in [0.15, 0.2) is 23.7 Å². The van der Waals surface area contributed by atoms with Crippen molar-refractivity contribution in [1.29, 1.82) is 0 Å². The molecule has 1 N–H and O–H groups in total. The van der Waals surface area contributed by atoms with Crippen molar-refractivity contribution in [2.75, 3.05) is 4.90 Å². The summed E-state index contributed by atoms with van der Waals surface area (Å²) in [4.78, 5) is 18.1. The molecule has 19 heavy (non-hydrogen) atoms. The number of carboxylic acids is 1. The largest absolute Gasteiger partial charge is 0.481 e. The van der Waals surface area contributed by atoms with Gasteiger partial charge in [-0.2, -0.15) is 0 Å². The first kappa shape index (κ1) is 11.2. The van der Waals surface area contributed by atoms with Gasteiger partial charge < -0.3 is 10.0 Å². The van der Waals surface area contributed by atoms with E-state index in [1.165, 1.54) is 4.70 Å². The van der Waals surface area contributed by atoms with Gasteiger partial charge in [-0.15, -0.1) is 11.3 Å². The Labute approximate surface area is 114 Å². The quantitative estimate of drug-likeness (QED) is 0.915. The summed E-state index contributed by atoms with van der Waals surface area (Å²) in [6, 6.07) is 4.59. The number of carboxylic acid groups (broad SMARTS) is 1. The van der Waals surface area contributed by atoms with Crippen LogP contribution in [-0.2, 0) is 4.79 Å². The van der Waals surface area contributed by atoms with Gasteiger partial charge in [-0.3, -0.25) is 4.79 Å². The van der Waals surface area contributed by atoms with Gasteiger partial charge in [0.15, 0.2) is 0 Å². The van der Waals surface area contributed by atoms with E-state index < -0.39 is 5.97 Å². The Morgan fingerprint density at radius 2 is 2.32 bits per heavy atom. The number of aliphatic carboxylic acids is 1. The zero-order valence-corrected chi connectivity index (χ0v) is 11.1. The highest BCUT2D eigenvalue weighted by molar-refractivity contribution is 7.17. The predicted molar refractivity (Wildman–Crippen MR) is 74.7 cm³/mol. The van der Waals surface area contributed by atoms with E-state index in [2.05, 4.69) is 21.3 Å². The summed E-state index contributed by atoms with van der Waals surface area (Å²) in [5, 5.41) is 12.6. The Balaban J connectivity index is 1.81. The van der Waals surface area contributed by atoms with Crippen molar-refractivity contribution in [1.82, 2.24) is 4.98 Å². The number of nitrogens with zero attached hydrogens (tertiary/aromatic N) is 2. The summed E-state index contributed by atoms with van der Waals surface area (Å²) in [5.74, 6) is 0.0964. The van der Waals surface area contributed by atoms with Gasteiger partial charge in [-0.1, -0.05) is 0 Å². The van der Waals surface area contributed by atoms with Gasteiger partial charge >= 0.3 is 5.97 Å². The van der Waals surface area contributed by atoms with Crippen LogP contribution in [0.2, 0.25) is 0 Å². The first-order valence-corrected chi connectivity index (χ1v) is 7.47. The molecule has 4 rings (SSSR count). The van der Waals surface area contributed by atoms with Crippen molar-refractivity contribution in [2.45, 2.75) is 31.3 Å². The second-order valence-corrected chi connectivity index (χ2v) is 6.30. The van der Waals surface area contributed by atoms with Crippen molar-refractivity contribution < 1.29 is 9.90 Å². The average Bonchev–Trinajstić information content (AvgIpc) is 3.11. The number of pyridine rings is 1. The zero-order valence-electron chi connectivity index (χ0n) is 10.3. The number of aromatic nitrogens is 1. The molecule has 2 saturated heterocycles. The normalized spacial score (nSPS) is 29.3. The van der Waals surface area contributed by atoms with Crippen LogP contribution in [0.5, 0.6) is 0 Å². The van der Waals surface area contributed by atoms with Crippen molar-refractivity contribution in [3.8, 4) is 0 Å². The lowest BCUT2D eigenvalue weighted by molar-refractivity contribution is -0.142. The molecule has 2 aromatic heterocycles. The minimum Gasteiger partial charge on any atom is -0.481 e. The van der Waals surface area contributed by atoms with Gasteiger partial charge in [-0.05, 0) is 36.8 Å². The molecule has 98 valence electrons. The lowest BCUT2D eigenvalue weighted by Gasteiger charge is -2.24. The predicted octanol–water partition coefficient (Wildman–Crippen LogP) is 2.74. The molecular weight excluding hydrogens is 260 g/mol. The van der Waals surface area contributed by atoms with E-state index in [0.717, 1.165) is 30.5 Å². The van der Waals surface area contributed by atoms with Crippen LogP contribution in [0.4, 0.5) is 5.82 Å². The standard InChI is InChI=1S/C14H14N2O2S/c17-14(18)10-7-8-1-2-11(10)16(8)13-9-4-6-19-12(9)3-5-15-13/h3-6,8,10-11H,1-2,7H2,(H,17,18). The van der Waals surface area contributed by atoms with Crippen molar-refractivity contribution in [3.05, 3.63) is 23.7 Å². The van der Waals surface area contributed by atoms with Crippen molar-refractivity contribution in [3.63, 3.8) is 0 Å². The number of hydrogen-bond acceptors (Lipinski definition) is 4. The molecule has 2 bridgehead atoms. The van der Waals surface area contributed by atoms with Gasteiger partial charge in [0.25, 0.3) is 0 Å². The molecular formula is C14H14N2O2S. The van der Waals surface area contributed by atoms with Gasteiger partial charge in [0.1, 0.15) is 5.82 Å². The highest BCUT2D eigenvalue weighted by Crippen LogP contribution is 2.45. The van der Waals surface area contributed by atoms with E-state index in [-0.39, 0.29) is 12.0 Å². The monoisotopic (exact) mass is 274 g/mol. The van der Waals surface area contributed by atoms with Crippen LogP contribution in [0.3, 0.4) is 0 Å². The van der Waals surface area contributed by atoms with Crippen molar-refractivity contribution >= 4 is 33.2 Å². The SMILES string of the molecule is O=C(O)C1CC2CCC1N2c1nccc2sccc12. The van der Waals surface area contributed by atoms with Crippen LogP contribution in [-0.4, -0.2) is 28.1 Å². The maximum Gasteiger partial charge on any atom is 0.308 e. The van der Waals surface area contributed by atoms with Crippen LogP contribution < -0.4 is 4.90 Å². The van der Waals surface area contributed by atoms with Gasteiger partial charge in [0.05, 0.1) is 5.92 Å². The van der Waals surface area contributed by atoms with Crippen LogP contribution in [0.1, 0.15) is 19.3 Å². The Kier molecular flexibility index (Phi) is 2.33. The first-order valence-electron chi connectivity index (χ1n) is 6.59. The lowest BCUT2D eigenvalue weighted by atomic mass is 9.89. The number of hydrogen-bond donors (Lipinski definition) is 1. The van der Waals surface area contributed by atoms with E-state index in [9.17, 15) is 9.90 Å². The Morgan fingerprint density at radius 3 is 3.11 bits per heavy atom. The van der Waals surface area contributed by atoms with Gasteiger partial charge in [0.2, 0.25) is 0 Å².